The fourth-order valence-corrected chi connectivity index (χ4v) is 12.8. The van der Waals surface area contributed by atoms with Gasteiger partial charge in [-0.25, -0.2) is 0 Å². The van der Waals surface area contributed by atoms with Crippen LogP contribution in [0.25, 0.3) is 0 Å². The van der Waals surface area contributed by atoms with Crippen molar-refractivity contribution in [2.24, 2.45) is 112 Å². The second kappa shape index (κ2) is 15.0. The third kappa shape index (κ3) is 7.06. The summed E-state index contributed by atoms with van der Waals surface area (Å²) in [5.41, 5.74) is 0.472. The Bertz CT molecular complexity index is 797. The Balaban J connectivity index is 0.000000470. The van der Waals surface area contributed by atoms with E-state index < -0.39 is 0 Å². The van der Waals surface area contributed by atoms with Crippen LogP contribution in [0.1, 0.15) is 168 Å². The van der Waals surface area contributed by atoms with Gasteiger partial charge in [-0.2, -0.15) is 0 Å². The van der Waals surface area contributed by atoms with E-state index in [0.717, 1.165) is 94.7 Å². The van der Waals surface area contributed by atoms with E-state index in [1.807, 2.05) is 0 Å². The molecule has 12 unspecified atom stereocenters. The van der Waals surface area contributed by atoms with Crippen LogP contribution >= 0.6 is 0 Å². The van der Waals surface area contributed by atoms with E-state index in [1.54, 1.807) is 25.7 Å². The number of hydrogen-bond acceptors (Lipinski definition) is 0. The lowest BCUT2D eigenvalue weighted by Gasteiger charge is -2.69. The molecule has 44 heavy (non-hydrogen) atoms. The molecule has 5 aliphatic rings. The zero-order valence-electron chi connectivity index (χ0n) is 32.7. The van der Waals surface area contributed by atoms with Crippen molar-refractivity contribution in [3.8, 4) is 0 Å². The topological polar surface area (TPSA) is 0 Å². The van der Waals surface area contributed by atoms with Crippen LogP contribution in [0.3, 0.4) is 0 Å². The van der Waals surface area contributed by atoms with Crippen LogP contribution in [0, 0.1) is 112 Å². The normalized spacial score (nSPS) is 48.5. The maximum Gasteiger partial charge on any atom is -0.0287 e. The average molecular weight is 611 g/mol. The highest BCUT2D eigenvalue weighted by molar-refractivity contribution is 5.11. The first kappa shape index (κ1) is 36.8. The van der Waals surface area contributed by atoms with Crippen LogP contribution < -0.4 is 0 Å². The number of fused-ring (bicyclic) bond motifs is 2. The third-order valence-electron chi connectivity index (χ3n) is 17.6. The first-order valence-electron chi connectivity index (χ1n) is 20.7. The number of rotatable bonds is 5. The van der Waals surface area contributed by atoms with Gasteiger partial charge in [0.25, 0.3) is 0 Å². The monoisotopic (exact) mass is 611 g/mol. The molecule has 12 atom stereocenters. The summed E-state index contributed by atoms with van der Waals surface area (Å²) >= 11 is 0. The molecule has 0 aromatic carbocycles. The molecule has 5 saturated carbocycles. The highest BCUT2D eigenvalue weighted by Crippen LogP contribution is 2.69. The quantitative estimate of drug-likeness (QED) is 0.290. The molecule has 0 spiro atoms. The minimum Gasteiger partial charge on any atom is -0.0651 e. The largest absolute Gasteiger partial charge is 0.0651 e. The van der Waals surface area contributed by atoms with Gasteiger partial charge >= 0.3 is 0 Å². The Morgan fingerprint density at radius 3 is 1.16 bits per heavy atom. The Kier molecular flexibility index (Phi) is 12.6. The van der Waals surface area contributed by atoms with Crippen molar-refractivity contribution in [3.63, 3.8) is 0 Å². The van der Waals surface area contributed by atoms with Crippen molar-refractivity contribution in [1.82, 2.24) is 0 Å². The maximum atomic E-state index is 2.70. The highest BCUT2D eigenvalue weighted by atomic mass is 14.7. The van der Waals surface area contributed by atoms with Gasteiger partial charge in [0.1, 0.15) is 0 Å². The molecular formula is C44H82. The van der Waals surface area contributed by atoms with Gasteiger partial charge < -0.3 is 0 Å². The summed E-state index contributed by atoms with van der Waals surface area (Å²) in [7, 11) is 0. The summed E-state index contributed by atoms with van der Waals surface area (Å²) in [5.74, 6) is 16.3. The predicted molar refractivity (Wildman–Crippen MR) is 195 cm³/mol. The van der Waals surface area contributed by atoms with Gasteiger partial charge in [-0.1, -0.05) is 148 Å². The van der Waals surface area contributed by atoms with Gasteiger partial charge in [0, 0.05) is 0 Å². The zero-order valence-corrected chi connectivity index (χ0v) is 32.7. The Morgan fingerprint density at radius 1 is 0.477 bits per heavy atom. The van der Waals surface area contributed by atoms with Crippen LogP contribution in [-0.2, 0) is 0 Å². The van der Waals surface area contributed by atoms with E-state index in [4.69, 9.17) is 0 Å². The summed E-state index contributed by atoms with van der Waals surface area (Å²) < 4.78 is 0. The molecule has 0 aromatic heterocycles. The molecule has 0 N–H and O–H groups in total. The van der Waals surface area contributed by atoms with E-state index in [2.05, 4.69) is 96.9 Å². The Hall–Kier alpha value is 0. The van der Waals surface area contributed by atoms with Gasteiger partial charge in [0.05, 0.1) is 0 Å². The third-order valence-corrected chi connectivity index (χ3v) is 17.6. The van der Waals surface area contributed by atoms with Crippen LogP contribution in [-0.4, -0.2) is 0 Å². The molecule has 5 rings (SSSR count). The molecule has 0 amide bonds. The molecule has 0 saturated heterocycles. The van der Waals surface area contributed by atoms with Gasteiger partial charge in [0.2, 0.25) is 0 Å². The smallest absolute Gasteiger partial charge is 0.0287 e. The molecule has 5 aliphatic carbocycles. The summed E-state index contributed by atoms with van der Waals surface area (Å²) in [6.45, 7) is 36.4. The van der Waals surface area contributed by atoms with E-state index >= 15 is 0 Å². The lowest BCUT2D eigenvalue weighted by molar-refractivity contribution is -0.213. The maximum absolute atomic E-state index is 2.70. The van der Waals surface area contributed by atoms with Gasteiger partial charge in [0.15, 0.2) is 0 Å². The van der Waals surface area contributed by atoms with Crippen LogP contribution in [0.5, 0.6) is 0 Å². The lowest BCUT2D eigenvalue weighted by atomic mass is 9.36. The zero-order chi connectivity index (χ0) is 32.7. The van der Waals surface area contributed by atoms with E-state index in [0.29, 0.717) is 5.41 Å². The predicted octanol–water partition coefficient (Wildman–Crippen LogP) is 13.7. The molecule has 0 aromatic rings. The summed E-state index contributed by atoms with van der Waals surface area (Å²) in [6.07, 6.45) is 16.5. The van der Waals surface area contributed by atoms with Crippen LogP contribution in [0.2, 0.25) is 0 Å². The summed E-state index contributed by atoms with van der Waals surface area (Å²) in [6, 6.07) is 0. The first-order chi connectivity index (χ1) is 20.7. The van der Waals surface area contributed by atoms with Crippen molar-refractivity contribution in [2.45, 2.75) is 168 Å². The Morgan fingerprint density at radius 2 is 0.841 bits per heavy atom. The van der Waals surface area contributed by atoms with Crippen LogP contribution in [0.15, 0.2) is 0 Å². The highest BCUT2D eigenvalue weighted by Gasteiger charge is 2.64. The fourth-order valence-electron chi connectivity index (χ4n) is 12.8. The van der Waals surface area contributed by atoms with E-state index in [-0.39, 0.29) is 0 Å². The van der Waals surface area contributed by atoms with E-state index in [1.165, 1.54) is 56.8 Å². The molecule has 2 bridgehead atoms. The minimum absolute atomic E-state index is 0.472. The molecule has 0 nitrogen and oxygen atoms in total. The molecule has 0 heterocycles. The van der Waals surface area contributed by atoms with Gasteiger partial charge in [-0.05, 0) is 131 Å². The van der Waals surface area contributed by atoms with Crippen molar-refractivity contribution >= 4 is 0 Å². The van der Waals surface area contributed by atoms with Gasteiger partial charge in [-0.3, -0.25) is 0 Å². The Labute approximate surface area is 278 Å². The molecule has 258 valence electrons. The standard InChI is InChI=1S/C36H68.C8H14/c1-15-30(16-2)31-18-32(19-31)33-34-28(11)26(9)24(7)22(5)20(3)17-21(4)23(6)25(8)27(10)29(12)35(33)36(34,13)14;1-3-7(4-1)8-5-2-6-8/h20-35H,15-19H2,1-14H3;7-8H,1-6H2. The van der Waals surface area contributed by atoms with Crippen molar-refractivity contribution in [1.29, 1.82) is 0 Å². The van der Waals surface area contributed by atoms with E-state index in [9.17, 15) is 0 Å². The van der Waals surface area contributed by atoms with Crippen molar-refractivity contribution in [3.05, 3.63) is 0 Å². The molecule has 5 fully saturated rings. The van der Waals surface area contributed by atoms with Gasteiger partial charge in [-0.15, -0.1) is 0 Å². The summed E-state index contributed by atoms with van der Waals surface area (Å²) in [4.78, 5) is 0. The summed E-state index contributed by atoms with van der Waals surface area (Å²) in [5, 5.41) is 0. The van der Waals surface area contributed by atoms with Crippen LogP contribution in [0.4, 0.5) is 0 Å². The molecule has 0 heteroatoms. The van der Waals surface area contributed by atoms with Crippen molar-refractivity contribution < 1.29 is 0 Å². The van der Waals surface area contributed by atoms with Crippen molar-refractivity contribution in [2.75, 3.05) is 0 Å². The second-order valence-corrected chi connectivity index (χ2v) is 19.5. The first-order valence-corrected chi connectivity index (χ1v) is 20.7. The molecule has 0 radical (unpaired) electrons. The SMILES string of the molecule is C1CC(C2CCC2)C1.CCC(CC)C1CC(C2C3C(C)C(C)C(C)C(C)C(C)CC(C)C(C)C(C)C(C)C(C)C2C3(C)C)C1. The lowest BCUT2D eigenvalue weighted by Crippen LogP contribution is -2.64. The second-order valence-electron chi connectivity index (χ2n) is 19.5. The fraction of sp³-hybridized carbons (Fsp3) is 1.00. The minimum atomic E-state index is 0.472. The molecule has 0 aliphatic heterocycles. The number of hydrogen-bond donors (Lipinski definition) is 0. The molecular weight excluding hydrogens is 528 g/mol. The average Bonchev–Trinajstić information content (AvgIpc) is 2.91.